The van der Waals surface area contributed by atoms with Crippen molar-refractivity contribution >= 4 is 6.01 Å². The summed E-state index contributed by atoms with van der Waals surface area (Å²) < 4.78 is 5.50. The number of anilines is 1. The Labute approximate surface area is 95.6 Å². The van der Waals surface area contributed by atoms with Gasteiger partial charge in [0.1, 0.15) is 0 Å². The van der Waals surface area contributed by atoms with Crippen molar-refractivity contribution in [3.63, 3.8) is 0 Å². The van der Waals surface area contributed by atoms with Crippen LogP contribution in [0, 0.1) is 0 Å². The van der Waals surface area contributed by atoms with E-state index < -0.39 is 0 Å². The van der Waals surface area contributed by atoms with Crippen molar-refractivity contribution in [3.8, 4) is 0 Å². The van der Waals surface area contributed by atoms with Crippen molar-refractivity contribution < 1.29 is 4.42 Å². The maximum Gasteiger partial charge on any atom is 0.317 e. The number of nitrogens with one attached hydrogen (secondary N) is 1. The molecule has 2 heterocycles. The Morgan fingerprint density at radius 1 is 1.31 bits per heavy atom. The second-order valence-corrected chi connectivity index (χ2v) is 4.21. The first-order chi connectivity index (χ1) is 7.75. The van der Waals surface area contributed by atoms with Gasteiger partial charge in [0, 0.05) is 53.2 Å². The van der Waals surface area contributed by atoms with E-state index in [4.69, 9.17) is 4.42 Å². The normalized spacial score (nSPS) is 17.6. The molecule has 0 spiro atoms. The first-order valence-electron chi connectivity index (χ1n) is 5.68. The summed E-state index contributed by atoms with van der Waals surface area (Å²) in [7, 11) is 3.79. The Kier molecular flexibility index (Phi) is 3.74. The SMILES string of the molecule is CN(C)c1nnc(CCN2CCNCC2)o1. The largest absolute Gasteiger partial charge is 0.408 e. The van der Waals surface area contributed by atoms with Gasteiger partial charge in [0.15, 0.2) is 0 Å². The molecule has 0 unspecified atom stereocenters. The highest BCUT2D eigenvalue weighted by molar-refractivity contribution is 5.19. The first kappa shape index (κ1) is 11.3. The van der Waals surface area contributed by atoms with Crippen molar-refractivity contribution in [3.05, 3.63) is 5.89 Å². The van der Waals surface area contributed by atoms with E-state index in [0.717, 1.165) is 45.0 Å². The number of hydrogen-bond donors (Lipinski definition) is 1. The summed E-state index contributed by atoms with van der Waals surface area (Å²) in [5, 5.41) is 11.3. The summed E-state index contributed by atoms with van der Waals surface area (Å²) in [5.74, 6) is 0.724. The average Bonchev–Trinajstić information content (AvgIpc) is 2.76. The molecule has 0 aliphatic carbocycles. The van der Waals surface area contributed by atoms with Crippen LogP contribution in [-0.4, -0.2) is 61.9 Å². The third-order valence-corrected chi connectivity index (χ3v) is 2.69. The van der Waals surface area contributed by atoms with Crippen LogP contribution in [0.25, 0.3) is 0 Å². The molecule has 1 saturated heterocycles. The maximum absolute atomic E-state index is 5.50. The van der Waals surface area contributed by atoms with Crippen LogP contribution >= 0.6 is 0 Å². The Hall–Kier alpha value is -1.14. The predicted octanol–water partition coefficient (Wildman–Crippen LogP) is -0.417. The fourth-order valence-corrected chi connectivity index (χ4v) is 1.72. The fourth-order valence-electron chi connectivity index (χ4n) is 1.72. The van der Waals surface area contributed by atoms with Gasteiger partial charge in [-0.2, -0.15) is 0 Å². The molecule has 2 rings (SSSR count). The topological polar surface area (TPSA) is 57.4 Å². The number of nitrogens with zero attached hydrogens (tertiary/aromatic N) is 4. The number of piperazine rings is 1. The zero-order valence-electron chi connectivity index (χ0n) is 9.94. The van der Waals surface area contributed by atoms with Gasteiger partial charge in [-0.25, -0.2) is 0 Å². The Bertz CT molecular complexity index is 319. The van der Waals surface area contributed by atoms with Gasteiger partial charge < -0.3 is 19.5 Å². The number of rotatable bonds is 4. The Morgan fingerprint density at radius 3 is 2.69 bits per heavy atom. The van der Waals surface area contributed by atoms with Crippen LogP contribution in [0.3, 0.4) is 0 Å². The quantitative estimate of drug-likeness (QED) is 0.751. The van der Waals surface area contributed by atoms with Crippen LogP contribution in [0.2, 0.25) is 0 Å². The molecule has 16 heavy (non-hydrogen) atoms. The summed E-state index contributed by atoms with van der Waals surface area (Å²) >= 11 is 0. The standard InChI is InChI=1S/C10H19N5O/c1-14(2)10-13-12-9(16-10)3-6-15-7-4-11-5-8-15/h11H,3-8H2,1-2H3. The van der Waals surface area contributed by atoms with Crippen LogP contribution in [0.15, 0.2) is 4.42 Å². The number of hydrogen-bond acceptors (Lipinski definition) is 6. The third-order valence-electron chi connectivity index (χ3n) is 2.69. The average molecular weight is 225 g/mol. The molecule has 0 saturated carbocycles. The number of aromatic nitrogens is 2. The predicted molar refractivity (Wildman–Crippen MR) is 61.6 cm³/mol. The summed E-state index contributed by atoms with van der Waals surface area (Å²) in [6.45, 7) is 5.36. The highest BCUT2D eigenvalue weighted by Gasteiger charge is 2.12. The maximum atomic E-state index is 5.50. The molecule has 90 valence electrons. The van der Waals surface area contributed by atoms with Gasteiger partial charge in [-0.3, -0.25) is 0 Å². The molecular formula is C10H19N5O. The van der Waals surface area contributed by atoms with Crippen LogP contribution in [0.1, 0.15) is 5.89 Å². The minimum atomic E-state index is 0.579. The lowest BCUT2D eigenvalue weighted by atomic mass is 10.3. The van der Waals surface area contributed by atoms with Gasteiger partial charge in [0.2, 0.25) is 5.89 Å². The zero-order chi connectivity index (χ0) is 11.4. The van der Waals surface area contributed by atoms with Crippen LogP contribution in [0.5, 0.6) is 0 Å². The van der Waals surface area contributed by atoms with E-state index in [9.17, 15) is 0 Å². The van der Waals surface area contributed by atoms with Crippen molar-refractivity contribution in [1.29, 1.82) is 0 Å². The third kappa shape index (κ3) is 2.93. The van der Waals surface area contributed by atoms with E-state index in [1.54, 1.807) is 0 Å². The first-order valence-corrected chi connectivity index (χ1v) is 5.68. The van der Waals surface area contributed by atoms with Gasteiger partial charge in [-0.1, -0.05) is 5.10 Å². The highest BCUT2D eigenvalue weighted by atomic mass is 16.4. The molecule has 1 aromatic rings. The molecule has 1 fully saturated rings. The smallest absolute Gasteiger partial charge is 0.317 e. The molecule has 0 amide bonds. The summed E-state index contributed by atoms with van der Waals surface area (Å²) in [4.78, 5) is 4.23. The molecule has 1 aromatic heterocycles. The molecule has 0 radical (unpaired) electrons. The van der Waals surface area contributed by atoms with E-state index in [1.165, 1.54) is 0 Å². The van der Waals surface area contributed by atoms with E-state index in [1.807, 2.05) is 19.0 Å². The summed E-state index contributed by atoms with van der Waals surface area (Å²) in [6.07, 6.45) is 0.834. The van der Waals surface area contributed by atoms with Crippen molar-refractivity contribution in [2.75, 3.05) is 51.7 Å². The molecule has 6 nitrogen and oxygen atoms in total. The van der Waals surface area contributed by atoms with Crippen molar-refractivity contribution in [2.24, 2.45) is 0 Å². The lowest BCUT2D eigenvalue weighted by Gasteiger charge is -2.26. The fraction of sp³-hybridized carbons (Fsp3) is 0.800. The van der Waals surface area contributed by atoms with Crippen LogP contribution in [0.4, 0.5) is 6.01 Å². The minimum absolute atomic E-state index is 0.579. The monoisotopic (exact) mass is 225 g/mol. The van der Waals surface area contributed by atoms with Gasteiger partial charge in [0.05, 0.1) is 0 Å². The van der Waals surface area contributed by atoms with Crippen molar-refractivity contribution in [2.45, 2.75) is 6.42 Å². The van der Waals surface area contributed by atoms with Crippen molar-refractivity contribution in [1.82, 2.24) is 20.4 Å². The molecule has 1 aliphatic heterocycles. The summed E-state index contributed by atoms with van der Waals surface area (Å²) in [6, 6.07) is 0.579. The molecule has 0 atom stereocenters. The molecule has 1 aliphatic rings. The lowest BCUT2D eigenvalue weighted by Crippen LogP contribution is -2.44. The van der Waals surface area contributed by atoms with E-state index in [2.05, 4.69) is 20.4 Å². The molecular weight excluding hydrogens is 206 g/mol. The molecule has 0 bridgehead atoms. The zero-order valence-corrected chi connectivity index (χ0v) is 9.94. The molecule has 1 N–H and O–H groups in total. The lowest BCUT2D eigenvalue weighted by molar-refractivity contribution is 0.238. The van der Waals surface area contributed by atoms with Gasteiger partial charge >= 0.3 is 6.01 Å². The Balaban J connectivity index is 1.79. The van der Waals surface area contributed by atoms with E-state index in [0.29, 0.717) is 6.01 Å². The molecule has 6 heteroatoms. The minimum Gasteiger partial charge on any atom is -0.408 e. The van der Waals surface area contributed by atoms with Crippen LogP contribution < -0.4 is 10.2 Å². The van der Waals surface area contributed by atoms with Gasteiger partial charge in [-0.05, 0) is 0 Å². The van der Waals surface area contributed by atoms with Crippen LogP contribution in [-0.2, 0) is 6.42 Å². The van der Waals surface area contributed by atoms with E-state index in [-0.39, 0.29) is 0 Å². The van der Waals surface area contributed by atoms with Gasteiger partial charge in [-0.15, -0.1) is 5.10 Å². The second-order valence-electron chi connectivity index (χ2n) is 4.21. The van der Waals surface area contributed by atoms with E-state index >= 15 is 0 Å². The molecule has 0 aromatic carbocycles. The second kappa shape index (κ2) is 5.27. The highest BCUT2D eigenvalue weighted by Crippen LogP contribution is 2.09. The Morgan fingerprint density at radius 2 is 2.06 bits per heavy atom. The van der Waals surface area contributed by atoms with Gasteiger partial charge in [0.25, 0.3) is 0 Å². The summed E-state index contributed by atoms with van der Waals surface area (Å²) in [5.41, 5.74) is 0.